The van der Waals surface area contributed by atoms with Crippen molar-refractivity contribution in [1.29, 1.82) is 0 Å². The van der Waals surface area contributed by atoms with Crippen LogP contribution in [0.15, 0.2) is 18.2 Å². The van der Waals surface area contributed by atoms with Crippen molar-refractivity contribution >= 4 is 23.4 Å². The molecule has 6 heteroatoms. The molecule has 0 aliphatic carbocycles. The van der Waals surface area contributed by atoms with Crippen LogP contribution in [0.2, 0.25) is 5.02 Å². The van der Waals surface area contributed by atoms with E-state index in [4.69, 9.17) is 11.6 Å². The first-order valence-corrected chi connectivity index (χ1v) is 7.84. The van der Waals surface area contributed by atoms with Crippen LogP contribution < -0.4 is 5.32 Å². The highest BCUT2D eigenvalue weighted by atomic mass is 35.5. The van der Waals surface area contributed by atoms with E-state index < -0.39 is 5.82 Å². The summed E-state index contributed by atoms with van der Waals surface area (Å²) in [6.07, 6.45) is 1.64. The first-order valence-electron chi connectivity index (χ1n) is 7.46. The molecule has 0 atom stereocenters. The minimum absolute atomic E-state index is 0.0681. The summed E-state index contributed by atoms with van der Waals surface area (Å²) in [5.41, 5.74) is 0.335. The lowest BCUT2D eigenvalue weighted by molar-refractivity contribution is -0.126. The topological polar surface area (TPSA) is 49.4 Å². The zero-order valence-corrected chi connectivity index (χ0v) is 13.6. The standard InChI is InChI=1S/C17H18ClFN2O2/c1-2-3-16(22)21-8-6-12(7-9-21)11-20-17(23)13-4-5-15(19)14(18)10-13/h4-5,10,12H,6-9,11H2,1H3,(H,20,23). The highest BCUT2D eigenvalue weighted by Crippen LogP contribution is 2.18. The Labute approximate surface area is 140 Å². The minimum Gasteiger partial charge on any atom is -0.352 e. The number of hydrogen-bond donors (Lipinski definition) is 1. The summed E-state index contributed by atoms with van der Waals surface area (Å²) in [6, 6.07) is 3.90. The molecular formula is C17H18ClFN2O2. The van der Waals surface area contributed by atoms with Gasteiger partial charge in [-0.2, -0.15) is 0 Å². The Balaban J connectivity index is 1.80. The first kappa shape index (κ1) is 17.3. The van der Waals surface area contributed by atoms with Gasteiger partial charge in [0.25, 0.3) is 11.8 Å². The fourth-order valence-electron chi connectivity index (χ4n) is 2.50. The van der Waals surface area contributed by atoms with Crippen molar-refractivity contribution < 1.29 is 14.0 Å². The Morgan fingerprint density at radius 3 is 2.70 bits per heavy atom. The predicted octanol–water partition coefficient (Wildman–Crippen LogP) is 2.47. The number of carbonyl (C=O) groups excluding carboxylic acids is 2. The number of hydrogen-bond acceptors (Lipinski definition) is 2. The molecule has 2 amide bonds. The van der Waals surface area contributed by atoms with Crippen molar-refractivity contribution in [2.75, 3.05) is 19.6 Å². The van der Waals surface area contributed by atoms with Gasteiger partial charge in [0.1, 0.15) is 5.82 Å². The Morgan fingerprint density at radius 1 is 1.39 bits per heavy atom. The monoisotopic (exact) mass is 336 g/mol. The summed E-state index contributed by atoms with van der Waals surface area (Å²) in [6.45, 7) is 3.46. The maximum atomic E-state index is 13.1. The Kier molecular flexibility index (Phi) is 6.00. The van der Waals surface area contributed by atoms with Crippen LogP contribution in [0.1, 0.15) is 30.1 Å². The van der Waals surface area contributed by atoms with Crippen molar-refractivity contribution in [3.63, 3.8) is 0 Å². The predicted molar refractivity (Wildman–Crippen MR) is 86.5 cm³/mol. The SMILES string of the molecule is CC#CC(=O)N1CCC(CNC(=O)c2ccc(F)c(Cl)c2)CC1. The molecular weight excluding hydrogens is 319 g/mol. The molecule has 0 radical (unpaired) electrons. The summed E-state index contributed by atoms with van der Waals surface area (Å²) < 4.78 is 13.1. The van der Waals surface area contributed by atoms with Crippen LogP contribution in [0, 0.1) is 23.6 Å². The van der Waals surface area contributed by atoms with E-state index in [2.05, 4.69) is 17.2 Å². The van der Waals surface area contributed by atoms with Crippen LogP contribution in [-0.4, -0.2) is 36.3 Å². The van der Waals surface area contributed by atoms with E-state index in [9.17, 15) is 14.0 Å². The zero-order chi connectivity index (χ0) is 16.8. The van der Waals surface area contributed by atoms with Crippen molar-refractivity contribution in [3.8, 4) is 11.8 Å². The lowest BCUT2D eigenvalue weighted by atomic mass is 9.96. The maximum absolute atomic E-state index is 13.1. The molecule has 0 bridgehead atoms. The molecule has 1 saturated heterocycles. The van der Waals surface area contributed by atoms with E-state index in [1.54, 1.807) is 11.8 Å². The van der Waals surface area contributed by atoms with Crippen LogP contribution in [0.25, 0.3) is 0 Å². The average Bonchev–Trinajstić information content (AvgIpc) is 2.56. The van der Waals surface area contributed by atoms with Gasteiger partial charge in [-0.1, -0.05) is 17.5 Å². The van der Waals surface area contributed by atoms with Crippen LogP contribution in [0.4, 0.5) is 4.39 Å². The van der Waals surface area contributed by atoms with Gasteiger partial charge in [-0.25, -0.2) is 4.39 Å². The third-order valence-electron chi connectivity index (χ3n) is 3.87. The molecule has 2 rings (SSSR count). The lowest BCUT2D eigenvalue weighted by Crippen LogP contribution is -2.41. The third-order valence-corrected chi connectivity index (χ3v) is 4.16. The van der Waals surface area contributed by atoms with E-state index in [-0.39, 0.29) is 16.8 Å². The summed E-state index contributed by atoms with van der Waals surface area (Å²) >= 11 is 5.67. The second-order valence-corrected chi connectivity index (χ2v) is 5.86. The fraction of sp³-hybridized carbons (Fsp3) is 0.412. The molecule has 4 nitrogen and oxygen atoms in total. The number of rotatable bonds is 3. The maximum Gasteiger partial charge on any atom is 0.298 e. The van der Waals surface area contributed by atoms with Gasteiger partial charge in [0.2, 0.25) is 0 Å². The normalized spacial score (nSPS) is 14.8. The van der Waals surface area contributed by atoms with Gasteiger partial charge in [0, 0.05) is 25.2 Å². The first-order chi connectivity index (χ1) is 11.0. The summed E-state index contributed by atoms with van der Waals surface area (Å²) in [5.74, 6) is 4.49. The van der Waals surface area contributed by atoms with E-state index in [1.807, 2.05) is 0 Å². The highest BCUT2D eigenvalue weighted by Gasteiger charge is 2.22. The van der Waals surface area contributed by atoms with Gasteiger partial charge in [-0.05, 0) is 49.8 Å². The lowest BCUT2D eigenvalue weighted by Gasteiger charge is -2.30. The second kappa shape index (κ2) is 7.98. The molecule has 0 aromatic heterocycles. The molecule has 1 aliphatic heterocycles. The number of nitrogens with zero attached hydrogens (tertiary/aromatic N) is 1. The van der Waals surface area contributed by atoms with Crippen LogP contribution >= 0.6 is 11.6 Å². The van der Waals surface area contributed by atoms with Gasteiger partial charge in [0.05, 0.1) is 5.02 Å². The van der Waals surface area contributed by atoms with E-state index in [0.717, 1.165) is 12.8 Å². The molecule has 1 aliphatic rings. The van der Waals surface area contributed by atoms with Gasteiger partial charge < -0.3 is 10.2 Å². The number of benzene rings is 1. The second-order valence-electron chi connectivity index (χ2n) is 5.45. The van der Waals surface area contributed by atoms with Crippen LogP contribution in [-0.2, 0) is 4.79 Å². The number of halogens is 2. The molecule has 0 unspecified atom stereocenters. The number of likely N-dealkylation sites (tertiary alicyclic amines) is 1. The zero-order valence-electron chi connectivity index (χ0n) is 12.9. The van der Waals surface area contributed by atoms with Crippen molar-refractivity contribution in [2.24, 2.45) is 5.92 Å². The Bertz CT molecular complexity index is 658. The van der Waals surface area contributed by atoms with Gasteiger partial charge >= 0.3 is 0 Å². The third kappa shape index (κ3) is 4.70. The van der Waals surface area contributed by atoms with E-state index in [0.29, 0.717) is 31.1 Å². The molecule has 1 heterocycles. The summed E-state index contributed by atoms with van der Waals surface area (Å²) in [4.78, 5) is 25.4. The quantitative estimate of drug-likeness (QED) is 0.862. The highest BCUT2D eigenvalue weighted by molar-refractivity contribution is 6.31. The Hall–Kier alpha value is -2.06. The van der Waals surface area contributed by atoms with Crippen molar-refractivity contribution in [2.45, 2.75) is 19.8 Å². The van der Waals surface area contributed by atoms with E-state index in [1.165, 1.54) is 18.2 Å². The number of nitrogens with one attached hydrogen (secondary N) is 1. The smallest absolute Gasteiger partial charge is 0.298 e. The van der Waals surface area contributed by atoms with Crippen molar-refractivity contribution in [1.82, 2.24) is 10.2 Å². The number of carbonyl (C=O) groups is 2. The Morgan fingerprint density at radius 2 is 2.09 bits per heavy atom. The number of piperidine rings is 1. The van der Waals surface area contributed by atoms with Gasteiger partial charge in [-0.3, -0.25) is 9.59 Å². The molecule has 0 saturated carbocycles. The molecule has 122 valence electrons. The molecule has 1 N–H and O–H groups in total. The fourth-order valence-corrected chi connectivity index (χ4v) is 2.68. The van der Waals surface area contributed by atoms with Crippen LogP contribution in [0.3, 0.4) is 0 Å². The van der Waals surface area contributed by atoms with E-state index >= 15 is 0 Å². The molecule has 1 fully saturated rings. The largest absolute Gasteiger partial charge is 0.352 e. The minimum atomic E-state index is -0.546. The van der Waals surface area contributed by atoms with Gasteiger partial charge in [-0.15, -0.1) is 0 Å². The molecule has 1 aromatic carbocycles. The van der Waals surface area contributed by atoms with Crippen molar-refractivity contribution in [3.05, 3.63) is 34.6 Å². The average molecular weight is 337 g/mol. The number of amides is 2. The summed E-state index contributed by atoms with van der Waals surface area (Å²) in [7, 11) is 0. The van der Waals surface area contributed by atoms with Gasteiger partial charge in [0.15, 0.2) is 0 Å². The van der Waals surface area contributed by atoms with Crippen LogP contribution in [0.5, 0.6) is 0 Å². The summed E-state index contributed by atoms with van der Waals surface area (Å²) in [5, 5.41) is 2.77. The molecule has 0 spiro atoms. The molecule has 1 aromatic rings. The molecule has 23 heavy (non-hydrogen) atoms.